The summed E-state index contributed by atoms with van der Waals surface area (Å²) in [7, 11) is 1.56. The highest BCUT2D eigenvalue weighted by Gasteiger charge is 2.11. The summed E-state index contributed by atoms with van der Waals surface area (Å²) in [6, 6.07) is 10.3. The van der Waals surface area contributed by atoms with Gasteiger partial charge in [-0.25, -0.2) is 0 Å². The molecule has 2 N–H and O–H groups in total. The van der Waals surface area contributed by atoms with Gasteiger partial charge in [-0.1, -0.05) is 35.3 Å². The number of benzene rings is 2. The highest BCUT2D eigenvalue weighted by molar-refractivity contribution is 6.42. The van der Waals surface area contributed by atoms with Crippen molar-refractivity contribution in [3.05, 3.63) is 69.2 Å². The standard InChI is InChI=1S/C18H16Cl2N2O2/c1-11-13(18(24)21-2)4-3-5-16(11)22-17(23)9-7-12-6-8-14(19)15(20)10-12/h3-10H,1-2H3,(H,21,24)(H,22,23)/b9-7+. The third-order valence-corrected chi connectivity index (χ3v) is 4.17. The van der Waals surface area contributed by atoms with Crippen LogP contribution >= 0.6 is 23.2 Å². The van der Waals surface area contributed by atoms with Crippen molar-refractivity contribution in [2.75, 3.05) is 12.4 Å². The molecule has 0 saturated carbocycles. The molecule has 0 radical (unpaired) electrons. The molecule has 0 fully saturated rings. The van der Waals surface area contributed by atoms with E-state index in [9.17, 15) is 9.59 Å². The summed E-state index contributed by atoms with van der Waals surface area (Å²) < 4.78 is 0. The van der Waals surface area contributed by atoms with Crippen molar-refractivity contribution in [3.8, 4) is 0 Å². The zero-order valence-corrected chi connectivity index (χ0v) is 14.7. The van der Waals surface area contributed by atoms with E-state index in [4.69, 9.17) is 23.2 Å². The van der Waals surface area contributed by atoms with Crippen LogP contribution in [0, 0.1) is 6.92 Å². The van der Waals surface area contributed by atoms with Crippen LogP contribution in [0.3, 0.4) is 0 Å². The number of hydrogen-bond acceptors (Lipinski definition) is 2. The maximum absolute atomic E-state index is 12.1. The second-order valence-electron chi connectivity index (χ2n) is 5.05. The quantitative estimate of drug-likeness (QED) is 0.796. The summed E-state index contributed by atoms with van der Waals surface area (Å²) in [5, 5.41) is 6.21. The van der Waals surface area contributed by atoms with Crippen LogP contribution < -0.4 is 10.6 Å². The minimum Gasteiger partial charge on any atom is -0.355 e. The van der Waals surface area contributed by atoms with Crippen LogP contribution in [0.4, 0.5) is 5.69 Å². The van der Waals surface area contributed by atoms with Gasteiger partial charge >= 0.3 is 0 Å². The average molecular weight is 363 g/mol. The lowest BCUT2D eigenvalue weighted by atomic mass is 10.1. The van der Waals surface area contributed by atoms with Gasteiger partial charge in [-0.05, 0) is 48.4 Å². The Labute approximate surface area is 150 Å². The maximum Gasteiger partial charge on any atom is 0.251 e. The van der Waals surface area contributed by atoms with E-state index in [1.54, 1.807) is 56.4 Å². The average Bonchev–Trinajstić information content (AvgIpc) is 2.57. The molecule has 6 heteroatoms. The number of nitrogens with one attached hydrogen (secondary N) is 2. The smallest absolute Gasteiger partial charge is 0.251 e. The SMILES string of the molecule is CNC(=O)c1cccc(NC(=O)/C=C/c2ccc(Cl)c(Cl)c2)c1C. The van der Waals surface area contributed by atoms with Crippen LogP contribution in [0.5, 0.6) is 0 Å². The van der Waals surface area contributed by atoms with Crippen LogP contribution in [0.2, 0.25) is 10.0 Å². The number of carbonyl (C=O) groups excluding carboxylic acids is 2. The predicted molar refractivity (Wildman–Crippen MR) is 98.7 cm³/mol. The Balaban J connectivity index is 2.13. The molecule has 2 rings (SSSR count). The van der Waals surface area contributed by atoms with Gasteiger partial charge in [-0.3, -0.25) is 9.59 Å². The lowest BCUT2D eigenvalue weighted by Gasteiger charge is -2.10. The molecule has 0 aliphatic heterocycles. The van der Waals surface area contributed by atoms with Crippen molar-refractivity contribution in [1.29, 1.82) is 0 Å². The first-order chi connectivity index (χ1) is 11.4. The molecule has 24 heavy (non-hydrogen) atoms. The first kappa shape index (κ1) is 18.0. The van der Waals surface area contributed by atoms with E-state index >= 15 is 0 Å². The number of anilines is 1. The number of rotatable bonds is 4. The van der Waals surface area contributed by atoms with Gasteiger partial charge < -0.3 is 10.6 Å². The van der Waals surface area contributed by atoms with Gasteiger partial charge in [0.05, 0.1) is 10.0 Å². The first-order valence-electron chi connectivity index (χ1n) is 7.18. The summed E-state index contributed by atoms with van der Waals surface area (Å²) in [6.07, 6.45) is 3.03. The Hall–Kier alpha value is -2.30. The van der Waals surface area contributed by atoms with Gasteiger partial charge in [0.15, 0.2) is 0 Å². The van der Waals surface area contributed by atoms with E-state index in [1.807, 2.05) is 0 Å². The summed E-state index contributed by atoms with van der Waals surface area (Å²) in [5.74, 6) is -0.506. The van der Waals surface area contributed by atoms with E-state index < -0.39 is 0 Å². The first-order valence-corrected chi connectivity index (χ1v) is 7.93. The van der Waals surface area contributed by atoms with Gasteiger partial charge in [-0.15, -0.1) is 0 Å². The van der Waals surface area contributed by atoms with Crippen LogP contribution in [-0.4, -0.2) is 18.9 Å². The fourth-order valence-corrected chi connectivity index (χ4v) is 2.42. The largest absolute Gasteiger partial charge is 0.355 e. The Kier molecular flexibility index (Phi) is 6.01. The molecule has 2 aromatic carbocycles. The Morgan fingerprint density at radius 3 is 2.50 bits per heavy atom. The zero-order valence-electron chi connectivity index (χ0n) is 13.2. The molecule has 2 aromatic rings. The Morgan fingerprint density at radius 1 is 1.08 bits per heavy atom. The molecule has 0 saturated heterocycles. The van der Waals surface area contributed by atoms with Gasteiger partial charge in [0.1, 0.15) is 0 Å². The summed E-state index contributed by atoms with van der Waals surface area (Å²) in [5.41, 5.74) is 2.56. The lowest BCUT2D eigenvalue weighted by Crippen LogP contribution is -2.20. The van der Waals surface area contributed by atoms with Crippen LogP contribution in [0.15, 0.2) is 42.5 Å². The Morgan fingerprint density at radius 2 is 1.83 bits per heavy atom. The molecule has 0 atom stereocenters. The normalized spacial score (nSPS) is 10.7. The fourth-order valence-electron chi connectivity index (χ4n) is 2.11. The molecule has 0 aliphatic carbocycles. The highest BCUT2D eigenvalue weighted by Crippen LogP contribution is 2.23. The second kappa shape index (κ2) is 7.99. The number of hydrogen-bond donors (Lipinski definition) is 2. The zero-order chi connectivity index (χ0) is 17.7. The van der Waals surface area contributed by atoms with Gasteiger partial charge in [0.2, 0.25) is 5.91 Å². The van der Waals surface area contributed by atoms with E-state index in [1.165, 1.54) is 6.08 Å². The van der Waals surface area contributed by atoms with Crippen LogP contribution in [0.1, 0.15) is 21.5 Å². The number of amides is 2. The van der Waals surface area contributed by atoms with Gasteiger partial charge in [-0.2, -0.15) is 0 Å². The Bertz CT molecular complexity index is 817. The molecule has 4 nitrogen and oxygen atoms in total. The topological polar surface area (TPSA) is 58.2 Å². The van der Waals surface area contributed by atoms with Crippen molar-refractivity contribution in [2.45, 2.75) is 6.92 Å². The molecule has 0 bridgehead atoms. The van der Waals surface area contributed by atoms with Gasteiger partial charge in [0.25, 0.3) is 5.91 Å². The fraction of sp³-hybridized carbons (Fsp3) is 0.111. The van der Waals surface area contributed by atoms with Crippen molar-refractivity contribution >= 4 is 46.8 Å². The van der Waals surface area contributed by atoms with Crippen molar-refractivity contribution < 1.29 is 9.59 Å². The molecular weight excluding hydrogens is 347 g/mol. The molecule has 0 aromatic heterocycles. The lowest BCUT2D eigenvalue weighted by molar-refractivity contribution is -0.111. The summed E-state index contributed by atoms with van der Waals surface area (Å²) >= 11 is 11.8. The van der Waals surface area contributed by atoms with Crippen LogP contribution in [0.25, 0.3) is 6.08 Å². The van der Waals surface area contributed by atoms with E-state index in [2.05, 4.69) is 10.6 Å². The molecule has 0 heterocycles. The van der Waals surface area contributed by atoms with Crippen molar-refractivity contribution in [2.24, 2.45) is 0 Å². The molecule has 0 unspecified atom stereocenters. The maximum atomic E-state index is 12.1. The minimum atomic E-state index is -0.307. The van der Waals surface area contributed by atoms with E-state index in [0.717, 1.165) is 5.56 Å². The predicted octanol–water partition coefficient (Wildman–Crippen LogP) is 4.31. The van der Waals surface area contributed by atoms with E-state index in [-0.39, 0.29) is 11.8 Å². The molecular formula is C18H16Cl2N2O2. The number of carbonyl (C=O) groups is 2. The third kappa shape index (κ3) is 4.37. The number of halogens is 2. The second-order valence-corrected chi connectivity index (χ2v) is 5.87. The summed E-state index contributed by atoms with van der Waals surface area (Å²) in [6.45, 7) is 1.78. The highest BCUT2D eigenvalue weighted by atomic mass is 35.5. The van der Waals surface area contributed by atoms with E-state index in [0.29, 0.717) is 26.9 Å². The minimum absolute atomic E-state index is 0.199. The van der Waals surface area contributed by atoms with Crippen LogP contribution in [-0.2, 0) is 4.79 Å². The monoisotopic (exact) mass is 362 g/mol. The molecule has 0 spiro atoms. The molecule has 124 valence electrons. The van der Waals surface area contributed by atoms with Crippen molar-refractivity contribution in [3.63, 3.8) is 0 Å². The molecule has 0 aliphatic rings. The third-order valence-electron chi connectivity index (χ3n) is 3.43. The summed E-state index contributed by atoms with van der Waals surface area (Å²) in [4.78, 5) is 23.9. The molecule has 2 amide bonds. The van der Waals surface area contributed by atoms with Crippen molar-refractivity contribution in [1.82, 2.24) is 5.32 Å². The van der Waals surface area contributed by atoms with Gasteiger partial charge in [0, 0.05) is 24.4 Å².